The molecule has 6 nitrogen and oxygen atoms in total. The predicted octanol–water partition coefficient (Wildman–Crippen LogP) is -0.0531. The van der Waals surface area contributed by atoms with E-state index in [0.29, 0.717) is 6.07 Å². The van der Waals surface area contributed by atoms with Crippen molar-refractivity contribution >= 4 is 17.7 Å². The maximum absolute atomic E-state index is 13.3. The van der Waals surface area contributed by atoms with E-state index in [2.05, 4.69) is 16.0 Å². The van der Waals surface area contributed by atoms with Crippen LogP contribution in [0.5, 0.6) is 0 Å². The second-order valence-electron chi connectivity index (χ2n) is 4.14. The Morgan fingerprint density at radius 1 is 1.05 bits per heavy atom. The van der Waals surface area contributed by atoms with Crippen molar-refractivity contribution in [1.29, 1.82) is 0 Å². The molecule has 0 aliphatic carbocycles. The molecule has 114 valence electrons. The molecule has 0 aliphatic heterocycles. The minimum Gasteiger partial charge on any atom is -0.355 e. The van der Waals surface area contributed by atoms with Crippen molar-refractivity contribution in [3.63, 3.8) is 0 Å². The highest BCUT2D eigenvalue weighted by Crippen LogP contribution is 2.08. The standard InChI is InChI=1S/C13H15F2N3O3/c1-8(19)16-4-5-17-12(20)7-18-13(21)10-3-2-9(14)6-11(10)15/h2-3,6H,4-5,7H2,1H3,(H,16,19)(H,17,20)(H,18,21). The Morgan fingerprint density at radius 2 is 1.71 bits per heavy atom. The van der Waals surface area contributed by atoms with E-state index in [1.54, 1.807) is 0 Å². The number of benzene rings is 1. The van der Waals surface area contributed by atoms with E-state index in [1.807, 2.05) is 0 Å². The molecule has 0 bridgehead atoms. The molecule has 0 aliphatic rings. The van der Waals surface area contributed by atoms with Crippen LogP contribution in [0, 0.1) is 11.6 Å². The van der Waals surface area contributed by atoms with E-state index >= 15 is 0 Å². The van der Waals surface area contributed by atoms with Gasteiger partial charge in [-0.3, -0.25) is 14.4 Å². The van der Waals surface area contributed by atoms with E-state index in [1.165, 1.54) is 6.92 Å². The molecule has 1 rings (SSSR count). The molecule has 0 radical (unpaired) electrons. The first kappa shape index (κ1) is 16.5. The summed E-state index contributed by atoms with van der Waals surface area (Å²) in [6.45, 7) is 1.47. The molecule has 0 heterocycles. The average Bonchev–Trinajstić information content (AvgIpc) is 2.40. The van der Waals surface area contributed by atoms with E-state index in [9.17, 15) is 23.2 Å². The molecule has 8 heteroatoms. The van der Waals surface area contributed by atoms with Gasteiger partial charge in [-0.25, -0.2) is 8.78 Å². The maximum atomic E-state index is 13.3. The summed E-state index contributed by atoms with van der Waals surface area (Å²) in [7, 11) is 0. The smallest absolute Gasteiger partial charge is 0.254 e. The molecule has 1 aromatic carbocycles. The van der Waals surface area contributed by atoms with E-state index < -0.39 is 23.4 Å². The Labute approximate surface area is 119 Å². The van der Waals surface area contributed by atoms with Gasteiger partial charge in [0.25, 0.3) is 5.91 Å². The number of nitrogens with one attached hydrogen (secondary N) is 3. The summed E-state index contributed by atoms with van der Waals surface area (Å²) in [5.41, 5.74) is -0.345. The first-order chi connectivity index (χ1) is 9.90. The molecule has 3 amide bonds. The van der Waals surface area contributed by atoms with Crippen LogP contribution in [0.25, 0.3) is 0 Å². The van der Waals surface area contributed by atoms with Crippen molar-refractivity contribution in [3.05, 3.63) is 35.4 Å². The topological polar surface area (TPSA) is 87.3 Å². The van der Waals surface area contributed by atoms with Crippen LogP contribution in [0.1, 0.15) is 17.3 Å². The van der Waals surface area contributed by atoms with Gasteiger partial charge in [-0.2, -0.15) is 0 Å². The molecule has 0 aromatic heterocycles. The molecule has 0 spiro atoms. The Balaban J connectivity index is 2.35. The summed E-state index contributed by atoms with van der Waals surface area (Å²) in [6, 6.07) is 2.53. The first-order valence-electron chi connectivity index (χ1n) is 6.14. The number of carbonyl (C=O) groups excluding carboxylic acids is 3. The largest absolute Gasteiger partial charge is 0.355 e. The third-order valence-electron chi connectivity index (χ3n) is 2.41. The number of amides is 3. The highest BCUT2D eigenvalue weighted by molar-refractivity contribution is 5.96. The van der Waals surface area contributed by atoms with Crippen LogP contribution in [-0.2, 0) is 9.59 Å². The molecule has 3 N–H and O–H groups in total. The van der Waals surface area contributed by atoms with Gasteiger partial charge in [0.05, 0.1) is 12.1 Å². The number of hydrogen-bond donors (Lipinski definition) is 3. The van der Waals surface area contributed by atoms with Crippen molar-refractivity contribution in [2.45, 2.75) is 6.92 Å². The van der Waals surface area contributed by atoms with Gasteiger partial charge in [0.1, 0.15) is 11.6 Å². The fourth-order valence-corrected chi connectivity index (χ4v) is 1.43. The van der Waals surface area contributed by atoms with Crippen LogP contribution in [0.15, 0.2) is 18.2 Å². The zero-order chi connectivity index (χ0) is 15.8. The fraction of sp³-hybridized carbons (Fsp3) is 0.308. The highest BCUT2D eigenvalue weighted by Gasteiger charge is 2.13. The number of carbonyl (C=O) groups is 3. The van der Waals surface area contributed by atoms with Gasteiger partial charge in [0, 0.05) is 26.1 Å². The molecule has 0 fully saturated rings. The fourth-order valence-electron chi connectivity index (χ4n) is 1.43. The lowest BCUT2D eigenvalue weighted by molar-refractivity contribution is -0.121. The molecule has 0 saturated carbocycles. The van der Waals surface area contributed by atoms with Gasteiger partial charge >= 0.3 is 0 Å². The second kappa shape index (κ2) is 7.93. The maximum Gasteiger partial charge on any atom is 0.254 e. The minimum atomic E-state index is -1.00. The number of rotatable bonds is 6. The number of halogens is 2. The monoisotopic (exact) mass is 299 g/mol. The van der Waals surface area contributed by atoms with Crippen LogP contribution >= 0.6 is 0 Å². The normalized spacial score (nSPS) is 9.86. The van der Waals surface area contributed by atoms with E-state index in [0.717, 1.165) is 12.1 Å². The van der Waals surface area contributed by atoms with Crippen LogP contribution in [-0.4, -0.2) is 37.4 Å². The van der Waals surface area contributed by atoms with E-state index in [-0.39, 0.29) is 31.1 Å². The van der Waals surface area contributed by atoms with Crippen molar-refractivity contribution in [2.75, 3.05) is 19.6 Å². The summed E-state index contributed by atoms with van der Waals surface area (Å²) >= 11 is 0. The summed E-state index contributed by atoms with van der Waals surface area (Å²) < 4.78 is 26.0. The van der Waals surface area contributed by atoms with Crippen LogP contribution in [0.3, 0.4) is 0 Å². The summed E-state index contributed by atoms with van der Waals surface area (Å²) in [4.78, 5) is 33.5. The molecule has 0 atom stereocenters. The Hall–Kier alpha value is -2.51. The molecule has 1 aromatic rings. The first-order valence-corrected chi connectivity index (χ1v) is 6.14. The SMILES string of the molecule is CC(=O)NCCNC(=O)CNC(=O)c1ccc(F)cc1F. The molecule has 21 heavy (non-hydrogen) atoms. The van der Waals surface area contributed by atoms with Crippen molar-refractivity contribution < 1.29 is 23.2 Å². The summed E-state index contributed by atoms with van der Waals surface area (Å²) in [5, 5.41) is 7.13. The third kappa shape index (κ3) is 5.98. The van der Waals surface area contributed by atoms with Gasteiger partial charge in [-0.1, -0.05) is 0 Å². The Bertz CT molecular complexity index is 549. The molecular formula is C13H15F2N3O3. The lowest BCUT2D eigenvalue weighted by atomic mass is 10.2. The van der Waals surface area contributed by atoms with Gasteiger partial charge in [-0.05, 0) is 12.1 Å². The van der Waals surface area contributed by atoms with Gasteiger partial charge < -0.3 is 16.0 Å². The minimum absolute atomic E-state index is 0.208. The zero-order valence-corrected chi connectivity index (χ0v) is 11.3. The van der Waals surface area contributed by atoms with Crippen LogP contribution < -0.4 is 16.0 Å². The Morgan fingerprint density at radius 3 is 2.33 bits per heavy atom. The quantitative estimate of drug-likeness (QED) is 0.644. The van der Waals surface area contributed by atoms with Gasteiger partial charge in [-0.15, -0.1) is 0 Å². The lowest BCUT2D eigenvalue weighted by Gasteiger charge is -2.08. The molecular weight excluding hydrogens is 284 g/mol. The number of hydrogen-bond acceptors (Lipinski definition) is 3. The lowest BCUT2D eigenvalue weighted by Crippen LogP contribution is -2.40. The second-order valence-corrected chi connectivity index (χ2v) is 4.14. The van der Waals surface area contributed by atoms with Crippen LogP contribution in [0.2, 0.25) is 0 Å². The van der Waals surface area contributed by atoms with E-state index in [4.69, 9.17) is 0 Å². The Kier molecular flexibility index (Phi) is 6.25. The summed E-state index contributed by atoms with van der Waals surface area (Å²) in [5.74, 6) is -3.32. The molecule has 0 unspecified atom stereocenters. The third-order valence-corrected chi connectivity index (χ3v) is 2.41. The summed E-state index contributed by atoms with van der Waals surface area (Å²) in [6.07, 6.45) is 0. The average molecular weight is 299 g/mol. The van der Waals surface area contributed by atoms with Crippen molar-refractivity contribution in [2.24, 2.45) is 0 Å². The van der Waals surface area contributed by atoms with Crippen LogP contribution in [0.4, 0.5) is 8.78 Å². The highest BCUT2D eigenvalue weighted by atomic mass is 19.1. The van der Waals surface area contributed by atoms with Crippen molar-refractivity contribution in [1.82, 2.24) is 16.0 Å². The van der Waals surface area contributed by atoms with Gasteiger partial charge in [0.15, 0.2) is 0 Å². The van der Waals surface area contributed by atoms with Crippen molar-refractivity contribution in [3.8, 4) is 0 Å². The van der Waals surface area contributed by atoms with Gasteiger partial charge in [0.2, 0.25) is 11.8 Å². The zero-order valence-electron chi connectivity index (χ0n) is 11.3. The predicted molar refractivity (Wildman–Crippen MR) is 70.4 cm³/mol. The molecule has 0 saturated heterocycles.